The Labute approximate surface area is 338 Å². The molecular weight excluding hydrogens is 705 g/mol. The number of nitrogens with zero attached hydrogens (tertiary/aromatic N) is 2. The molecule has 0 N–H and O–H groups in total. The van der Waals surface area contributed by atoms with Crippen molar-refractivity contribution in [2.45, 2.75) is 19.3 Å². The zero-order chi connectivity index (χ0) is 38.8. The molecule has 0 atom stereocenters. The van der Waals surface area contributed by atoms with Crippen LogP contribution in [0, 0.1) is 0 Å². The van der Waals surface area contributed by atoms with E-state index < -0.39 is 0 Å². The third-order valence-corrected chi connectivity index (χ3v) is 12.1. The van der Waals surface area contributed by atoms with Gasteiger partial charge in [0.25, 0.3) is 0 Å². The molecule has 1 aliphatic carbocycles. The highest BCUT2D eigenvalue weighted by atomic mass is 16.3. The summed E-state index contributed by atoms with van der Waals surface area (Å²) in [5.41, 5.74) is 18.1. The third-order valence-electron chi connectivity index (χ3n) is 12.1. The van der Waals surface area contributed by atoms with Crippen molar-refractivity contribution in [2.24, 2.45) is 0 Å². The zero-order valence-corrected chi connectivity index (χ0v) is 32.4. The minimum absolute atomic E-state index is 0.0616. The van der Waals surface area contributed by atoms with Crippen molar-refractivity contribution < 1.29 is 4.42 Å². The van der Waals surface area contributed by atoms with E-state index in [1.807, 2.05) is 12.1 Å². The first-order valence-electron chi connectivity index (χ1n) is 20.0. The Morgan fingerprint density at radius 3 is 1.81 bits per heavy atom. The fourth-order valence-electron chi connectivity index (χ4n) is 9.19. The van der Waals surface area contributed by atoms with Crippen LogP contribution in [0.4, 0.5) is 17.1 Å². The molecule has 0 unspecified atom stereocenters. The highest BCUT2D eigenvalue weighted by Crippen LogP contribution is 2.49. The summed E-state index contributed by atoms with van der Waals surface area (Å²) < 4.78 is 8.09. The molecule has 0 fully saturated rings. The molecule has 11 rings (SSSR count). The molecule has 3 heteroatoms. The number of hydrogen-bond donors (Lipinski definition) is 0. The van der Waals surface area contributed by atoms with Gasteiger partial charge in [-0.25, -0.2) is 0 Å². The Morgan fingerprint density at radius 1 is 0.414 bits per heavy atom. The van der Waals surface area contributed by atoms with Gasteiger partial charge >= 0.3 is 0 Å². The van der Waals surface area contributed by atoms with Crippen molar-refractivity contribution >= 4 is 38.9 Å². The van der Waals surface area contributed by atoms with Crippen molar-refractivity contribution in [1.29, 1.82) is 0 Å². The maximum atomic E-state index is 5.65. The van der Waals surface area contributed by atoms with E-state index in [1.54, 1.807) is 6.26 Å². The molecule has 0 bridgehead atoms. The molecule has 3 nitrogen and oxygen atoms in total. The molecule has 2 aromatic heterocycles. The summed E-state index contributed by atoms with van der Waals surface area (Å²) >= 11 is 0. The quantitative estimate of drug-likeness (QED) is 0.162. The predicted octanol–water partition coefficient (Wildman–Crippen LogP) is 15.2. The van der Waals surface area contributed by atoms with E-state index in [-0.39, 0.29) is 5.41 Å². The van der Waals surface area contributed by atoms with E-state index in [2.05, 4.69) is 211 Å². The van der Waals surface area contributed by atoms with Crippen molar-refractivity contribution in [3.8, 4) is 50.4 Å². The van der Waals surface area contributed by atoms with Gasteiger partial charge in [0, 0.05) is 44.5 Å². The van der Waals surface area contributed by atoms with Crippen LogP contribution in [-0.2, 0) is 5.41 Å². The van der Waals surface area contributed by atoms with E-state index in [0.717, 1.165) is 28.4 Å². The Morgan fingerprint density at radius 2 is 1.03 bits per heavy atom. The van der Waals surface area contributed by atoms with Crippen LogP contribution >= 0.6 is 0 Å². The van der Waals surface area contributed by atoms with Crippen LogP contribution in [0.15, 0.2) is 211 Å². The van der Waals surface area contributed by atoms with Gasteiger partial charge in [-0.15, -0.1) is 0 Å². The van der Waals surface area contributed by atoms with Gasteiger partial charge in [-0.05, 0) is 142 Å². The average Bonchev–Trinajstić information content (AvgIpc) is 3.99. The fraction of sp³-hybridized carbons (Fsp3) is 0.0545. The van der Waals surface area contributed by atoms with Gasteiger partial charge < -0.3 is 13.9 Å². The van der Waals surface area contributed by atoms with Gasteiger partial charge in [-0.2, -0.15) is 0 Å². The largest absolute Gasteiger partial charge is 0.464 e. The summed E-state index contributed by atoms with van der Waals surface area (Å²) in [4.78, 5) is 2.29. The molecule has 8 aromatic carbocycles. The number of furan rings is 1. The minimum atomic E-state index is -0.0616. The van der Waals surface area contributed by atoms with E-state index in [4.69, 9.17) is 4.42 Å². The second-order valence-corrected chi connectivity index (χ2v) is 15.8. The van der Waals surface area contributed by atoms with Gasteiger partial charge in [0.1, 0.15) is 5.76 Å². The van der Waals surface area contributed by atoms with E-state index in [1.165, 1.54) is 72.0 Å². The number of hydrogen-bond acceptors (Lipinski definition) is 2. The summed E-state index contributed by atoms with van der Waals surface area (Å²) in [6, 6.07) is 72.5. The SMILES string of the molecule is CC1(C)c2ccccc2-c2ccc(-n3c4ccccc4c4cc(-c5cccc(-c6ccc(N(c7ccccc7)c7ccc(-c8ccco8)cc7)cc6)c5)ccc43)cc21. The van der Waals surface area contributed by atoms with Crippen LogP contribution in [0.3, 0.4) is 0 Å². The minimum Gasteiger partial charge on any atom is -0.464 e. The predicted molar refractivity (Wildman–Crippen MR) is 242 cm³/mol. The van der Waals surface area contributed by atoms with Gasteiger partial charge in [0.15, 0.2) is 0 Å². The number of aromatic nitrogens is 1. The number of rotatable bonds is 7. The maximum absolute atomic E-state index is 5.65. The molecule has 1 aliphatic rings. The van der Waals surface area contributed by atoms with Crippen LogP contribution in [0.2, 0.25) is 0 Å². The van der Waals surface area contributed by atoms with Crippen LogP contribution < -0.4 is 4.90 Å². The smallest absolute Gasteiger partial charge is 0.133 e. The molecule has 0 saturated carbocycles. The van der Waals surface area contributed by atoms with Crippen molar-refractivity contribution in [1.82, 2.24) is 4.57 Å². The standard InChI is InChI=1S/C55H40N2O/c1-55(2)50-18-8-6-16-46(50)47-31-30-45(36-51(47)55)57-52-19-9-7-17-48(52)49-35-41(25-32-53(49)57)40-13-10-12-39(34-40)37-21-26-43(27-22-37)56(42-14-4-3-5-15-42)44-28-23-38(24-29-44)54-20-11-33-58-54/h3-36H,1-2H3. The lowest BCUT2D eigenvalue weighted by Gasteiger charge is -2.25. The molecule has 0 saturated heterocycles. The molecule has 10 aromatic rings. The first kappa shape index (κ1) is 33.9. The van der Waals surface area contributed by atoms with Gasteiger partial charge in [0.2, 0.25) is 0 Å². The topological polar surface area (TPSA) is 21.3 Å². The summed E-state index contributed by atoms with van der Waals surface area (Å²) in [6.45, 7) is 4.70. The second-order valence-electron chi connectivity index (χ2n) is 15.8. The monoisotopic (exact) mass is 744 g/mol. The van der Waals surface area contributed by atoms with Gasteiger partial charge in [-0.1, -0.05) is 117 Å². The molecule has 0 aliphatic heterocycles. The number of fused-ring (bicyclic) bond motifs is 6. The number of benzene rings is 8. The molecule has 2 heterocycles. The summed E-state index contributed by atoms with van der Waals surface area (Å²) in [7, 11) is 0. The number of para-hydroxylation sites is 2. The van der Waals surface area contributed by atoms with Crippen molar-refractivity contribution in [3.05, 3.63) is 218 Å². The zero-order valence-electron chi connectivity index (χ0n) is 32.4. The van der Waals surface area contributed by atoms with E-state index in [0.29, 0.717) is 0 Å². The first-order chi connectivity index (χ1) is 28.5. The Bertz CT molecular complexity index is 3120. The molecule has 0 spiro atoms. The summed E-state index contributed by atoms with van der Waals surface area (Å²) in [6.07, 6.45) is 1.71. The Kier molecular flexibility index (Phi) is 7.84. The van der Waals surface area contributed by atoms with Gasteiger partial charge in [0.05, 0.1) is 17.3 Å². The normalized spacial score (nSPS) is 12.8. The highest BCUT2D eigenvalue weighted by Gasteiger charge is 2.35. The molecule has 276 valence electrons. The third kappa shape index (κ3) is 5.50. The highest BCUT2D eigenvalue weighted by molar-refractivity contribution is 6.10. The van der Waals surface area contributed by atoms with Crippen LogP contribution in [0.5, 0.6) is 0 Å². The molecule has 58 heavy (non-hydrogen) atoms. The molecule has 0 amide bonds. The lowest BCUT2D eigenvalue weighted by atomic mass is 9.82. The van der Waals surface area contributed by atoms with Gasteiger partial charge in [-0.3, -0.25) is 0 Å². The lowest BCUT2D eigenvalue weighted by molar-refractivity contribution is 0.582. The summed E-state index contributed by atoms with van der Waals surface area (Å²) in [5.74, 6) is 0.863. The maximum Gasteiger partial charge on any atom is 0.133 e. The molecular formula is C55H40N2O. The van der Waals surface area contributed by atoms with Crippen LogP contribution in [0.25, 0.3) is 72.2 Å². The first-order valence-corrected chi connectivity index (χ1v) is 20.0. The number of anilines is 3. The summed E-state index contributed by atoms with van der Waals surface area (Å²) in [5, 5.41) is 2.51. The average molecular weight is 745 g/mol. The van der Waals surface area contributed by atoms with Crippen molar-refractivity contribution in [3.63, 3.8) is 0 Å². The fourth-order valence-corrected chi connectivity index (χ4v) is 9.19. The Balaban J connectivity index is 0.937. The Hall–Kier alpha value is -7.36. The van der Waals surface area contributed by atoms with Crippen LogP contribution in [-0.4, -0.2) is 4.57 Å². The van der Waals surface area contributed by atoms with E-state index >= 15 is 0 Å². The van der Waals surface area contributed by atoms with Crippen LogP contribution in [0.1, 0.15) is 25.0 Å². The van der Waals surface area contributed by atoms with E-state index in [9.17, 15) is 0 Å². The second kappa shape index (κ2) is 13.4. The lowest BCUT2D eigenvalue weighted by Crippen LogP contribution is -2.15. The van der Waals surface area contributed by atoms with Crippen molar-refractivity contribution in [2.75, 3.05) is 4.90 Å². The molecule has 0 radical (unpaired) electrons.